The molecule has 0 aliphatic rings. The summed E-state index contributed by atoms with van der Waals surface area (Å²) in [7, 11) is 0. The van der Waals surface area contributed by atoms with Crippen molar-refractivity contribution in [1.29, 1.82) is 0 Å². The van der Waals surface area contributed by atoms with Gasteiger partial charge in [-0.15, -0.1) is 11.3 Å². The number of hydrogen-bond acceptors (Lipinski definition) is 3. The van der Waals surface area contributed by atoms with Gasteiger partial charge in [0.25, 0.3) is 0 Å². The first-order chi connectivity index (χ1) is 8.72. The molecule has 0 atom stereocenters. The van der Waals surface area contributed by atoms with Crippen molar-refractivity contribution >= 4 is 22.7 Å². The van der Waals surface area contributed by atoms with E-state index in [-0.39, 0.29) is 0 Å². The highest BCUT2D eigenvalue weighted by molar-refractivity contribution is 7.12. The van der Waals surface area contributed by atoms with Crippen LogP contribution in [0.3, 0.4) is 0 Å². The summed E-state index contributed by atoms with van der Waals surface area (Å²) in [6, 6.07) is 12.6. The summed E-state index contributed by atoms with van der Waals surface area (Å²) in [5, 5.41) is 0. The third kappa shape index (κ3) is 3.05. The summed E-state index contributed by atoms with van der Waals surface area (Å²) in [6.45, 7) is 6.33. The number of nitrogen functional groups attached to an aromatic ring is 1. The molecule has 2 rings (SSSR count). The van der Waals surface area contributed by atoms with Crippen molar-refractivity contribution in [3.05, 3.63) is 46.2 Å². The molecule has 18 heavy (non-hydrogen) atoms. The van der Waals surface area contributed by atoms with Gasteiger partial charge in [0.05, 0.1) is 6.54 Å². The minimum Gasteiger partial charge on any atom is -0.399 e. The molecule has 1 aromatic carbocycles. The van der Waals surface area contributed by atoms with Crippen LogP contribution in [0.25, 0.3) is 0 Å². The van der Waals surface area contributed by atoms with Crippen molar-refractivity contribution in [2.24, 2.45) is 0 Å². The fourth-order valence-electron chi connectivity index (χ4n) is 1.99. The predicted octanol–water partition coefficient (Wildman–Crippen LogP) is 3.92. The van der Waals surface area contributed by atoms with Gasteiger partial charge in [-0.25, -0.2) is 0 Å². The number of thiophene rings is 1. The third-order valence-corrected chi connectivity index (χ3v) is 4.24. The van der Waals surface area contributed by atoms with Gasteiger partial charge in [-0.05, 0) is 43.7 Å². The van der Waals surface area contributed by atoms with E-state index in [1.54, 1.807) is 0 Å². The van der Waals surface area contributed by atoms with Crippen LogP contribution in [0.1, 0.15) is 23.6 Å². The highest BCUT2D eigenvalue weighted by Gasteiger charge is 2.07. The molecule has 0 saturated heterocycles. The van der Waals surface area contributed by atoms with E-state index in [9.17, 15) is 0 Å². The first-order valence-corrected chi connectivity index (χ1v) is 7.22. The van der Waals surface area contributed by atoms with Gasteiger partial charge in [-0.2, -0.15) is 0 Å². The van der Waals surface area contributed by atoms with Crippen molar-refractivity contribution < 1.29 is 0 Å². The Kier molecular flexibility index (Phi) is 4.26. The maximum Gasteiger partial charge on any atom is 0.0522 e. The number of nitrogens with two attached hydrogens (primary N) is 1. The van der Waals surface area contributed by atoms with Crippen LogP contribution in [-0.2, 0) is 13.0 Å². The minimum atomic E-state index is 0.825. The summed E-state index contributed by atoms with van der Waals surface area (Å²) in [4.78, 5) is 5.21. The van der Waals surface area contributed by atoms with Gasteiger partial charge in [-0.1, -0.05) is 13.0 Å². The fraction of sp³-hybridized carbons (Fsp3) is 0.333. The second-order valence-corrected chi connectivity index (χ2v) is 5.58. The topological polar surface area (TPSA) is 29.3 Å². The van der Waals surface area contributed by atoms with Crippen LogP contribution in [0.15, 0.2) is 36.4 Å². The fourth-order valence-corrected chi connectivity index (χ4v) is 2.97. The van der Waals surface area contributed by atoms with E-state index in [1.807, 2.05) is 29.5 Å². The third-order valence-electron chi connectivity index (χ3n) is 3.03. The molecule has 96 valence electrons. The van der Waals surface area contributed by atoms with Crippen LogP contribution in [0, 0.1) is 0 Å². The molecule has 0 saturated carbocycles. The van der Waals surface area contributed by atoms with E-state index in [1.165, 1.54) is 15.4 Å². The molecule has 2 aromatic rings. The van der Waals surface area contributed by atoms with E-state index >= 15 is 0 Å². The van der Waals surface area contributed by atoms with Gasteiger partial charge in [0.2, 0.25) is 0 Å². The second kappa shape index (κ2) is 5.91. The lowest BCUT2D eigenvalue weighted by Gasteiger charge is -2.22. The Hall–Kier alpha value is -1.48. The van der Waals surface area contributed by atoms with E-state index in [4.69, 9.17) is 5.73 Å². The Bertz CT molecular complexity index is 505. The molecule has 0 amide bonds. The first-order valence-electron chi connectivity index (χ1n) is 6.41. The summed E-state index contributed by atoms with van der Waals surface area (Å²) in [5.74, 6) is 0. The normalized spacial score (nSPS) is 10.6. The number of anilines is 2. The first kappa shape index (κ1) is 13.0. The van der Waals surface area contributed by atoms with Crippen LogP contribution < -0.4 is 10.6 Å². The molecule has 0 aliphatic carbocycles. The molecule has 0 fully saturated rings. The van der Waals surface area contributed by atoms with Crippen LogP contribution >= 0.6 is 11.3 Å². The van der Waals surface area contributed by atoms with Crippen LogP contribution in [0.4, 0.5) is 11.4 Å². The Morgan fingerprint density at radius 3 is 2.50 bits per heavy atom. The highest BCUT2D eigenvalue weighted by Crippen LogP contribution is 2.23. The lowest BCUT2D eigenvalue weighted by Crippen LogP contribution is -2.21. The molecule has 1 aromatic heterocycles. The number of hydrogen-bond donors (Lipinski definition) is 1. The van der Waals surface area contributed by atoms with Crippen molar-refractivity contribution in [3.8, 4) is 0 Å². The van der Waals surface area contributed by atoms with Gasteiger partial charge in [0.15, 0.2) is 0 Å². The van der Waals surface area contributed by atoms with E-state index in [0.717, 1.165) is 25.2 Å². The van der Waals surface area contributed by atoms with Gasteiger partial charge < -0.3 is 10.6 Å². The predicted molar refractivity (Wildman–Crippen MR) is 81.3 cm³/mol. The number of rotatable bonds is 5. The number of aryl methyl sites for hydroxylation is 1. The molecule has 0 unspecified atom stereocenters. The van der Waals surface area contributed by atoms with Crippen molar-refractivity contribution in [2.75, 3.05) is 17.2 Å². The van der Waals surface area contributed by atoms with Gasteiger partial charge in [0.1, 0.15) is 0 Å². The molecule has 0 spiro atoms. The van der Waals surface area contributed by atoms with Crippen LogP contribution in [0.5, 0.6) is 0 Å². The largest absolute Gasteiger partial charge is 0.399 e. The summed E-state index contributed by atoms with van der Waals surface area (Å²) < 4.78 is 0. The lowest BCUT2D eigenvalue weighted by atomic mass is 10.2. The average Bonchev–Trinajstić information content (AvgIpc) is 2.83. The Morgan fingerprint density at radius 1 is 1.11 bits per heavy atom. The summed E-state index contributed by atoms with van der Waals surface area (Å²) in [5.41, 5.74) is 7.87. The van der Waals surface area contributed by atoms with Gasteiger partial charge in [-0.3, -0.25) is 0 Å². The minimum absolute atomic E-state index is 0.825. The molecule has 0 radical (unpaired) electrons. The molecule has 0 aliphatic heterocycles. The Morgan fingerprint density at radius 2 is 1.89 bits per heavy atom. The van der Waals surface area contributed by atoms with Gasteiger partial charge >= 0.3 is 0 Å². The molecule has 1 heterocycles. The quantitative estimate of drug-likeness (QED) is 0.826. The average molecular weight is 260 g/mol. The van der Waals surface area contributed by atoms with E-state index < -0.39 is 0 Å². The monoisotopic (exact) mass is 260 g/mol. The number of nitrogens with zero attached hydrogens (tertiary/aromatic N) is 1. The Labute approximate surface area is 113 Å². The standard InChI is InChI=1S/C15H20N2S/c1-3-14-8-9-15(18-14)11-17(4-2)13-7-5-6-12(16)10-13/h5-10H,3-4,11,16H2,1-2H3. The molecule has 0 bridgehead atoms. The van der Waals surface area contributed by atoms with Crippen molar-refractivity contribution in [3.63, 3.8) is 0 Å². The zero-order valence-electron chi connectivity index (χ0n) is 11.0. The molecular weight excluding hydrogens is 240 g/mol. The van der Waals surface area contributed by atoms with Crippen molar-refractivity contribution in [1.82, 2.24) is 0 Å². The molecule has 2 nitrogen and oxygen atoms in total. The zero-order valence-corrected chi connectivity index (χ0v) is 11.8. The zero-order chi connectivity index (χ0) is 13.0. The molecule has 2 N–H and O–H groups in total. The van der Waals surface area contributed by atoms with Crippen LogP contribution in [0.2, 0.25) is 0 Å². The number of benzene rings is 1. The van der Waals surface area contributed by atoms with E-state index in [0.29, 0.717) is 0 Å². The second-order valence-electron chi connectivity index (χ2n) is 4.33. The summed E-state index contributed by atoms with van der Waals surface area (Å²) >= 11 is 1.90. The lowest BCUT2D eigenvalue weighted by molar-refractivity contribution is 0.843. The van der Waals surface area contributed by atoms with Gasteiger partial charge in [0, 0.05) is 27.7 Å². The Balaban J connectivity index is 2.14. The smallest absolute Gasteiger partial charge is 0.0522 e. The molecule has 3 heteroatoms. The molecular formula is C15H20N2S. The van der Waals surface area contributed by atoms with E-state index in [2.05, 4.69) is 36.9 Å². The van der Waals surface area contributed by atoms with Crippen molar-refractivity contribution in [2.45, 2.75) is 26.8 Å². The maximum absolute atomic E-state index is 5.85. The summed E-state index contributed by atoms with van der Waals surface area (Å²) in [6.07, 6.45) is 1.12. The SMILES string of the molecule is CCc1ccc(CN(CC)c2cccc(N)c2)s1. The highest BCUT2D eigenvalue weighted by atomic mass is 32.1. The van der Waals surface area contributed by atoms with Crippen LogP contribution in [-0.4, -0.2) is 6.54 Å². The maximum atomic E-state index is 5.85.